The van der Waals surface area contributed by atoms with Crippen molar-refractivity contribution < 1.29 is 14.3 Å². The van der Waals surface area contributed by atoms with E-state index in [-0.39, 0.29) is 30.7 Å². The van der Waals surface area contributed by atoms with Crippen LogP contribution in [0.25, 0.3) is 0 Å². The highest BCUT2D eigenvalue weighted by molar-refractivity contribution is 9.10. The molecule has 0 aromatic heterocycles. The van der Waals surface area contributed by atoms with Crippen molar-refractivity contribution in [2.45, 2.75) is 45.4 Å². The van der Waals surface area contributed by atoms with Crippen LogP contribution in [0.2, 0.25) is 0 Å². The van der Waals surface area contributed by atoms with E-state index in [0.29, 0.717) is 12.1 Å². The fourth-order valence-corrected chi connectivity index (χ4v) is 4.00. The first kappa shape index (κ1) is 20.4. The van der Waals surface area contributed by atoms with Crippen LogP contribution in [0.5, 0.6) is 0 Å². The largest absolute Gasteiger partial charge is 0.445 e. The zero-order valence-corrected chi connectivity index (χ0v) is 17.7. The summed E-state index contributed by atoms with van der Waals surface area (Å²) in [5.74, 6) is -0.110. The van der Waals surface area contributed by atoms with Gasteiger partial charge in [0.05, 0.1) is 6.04 Å². The molecular formula is C22H25BrN2O3. The highest BCUT2D eigenvalue weighted by Gasteiger charge is 2.33. The minimum absolute atomic E-state index is 0.103. The van der Waals surface area contributed by atoms with E-state index in [2.05, 4.69) is 21.2 Å². The smallest absolute Gasteiger partial charge is 0.410 e. The number of carbonyl (C=O) groups excluding carboxylic acids is 2. The Morgan fingerprint density at radius 2 is 1.96 bits per heavy atom. The van der Waals surface area contributed by atoms with Crippen LogP contribution in [-0.4, -0.2) is 35.5 Å². The molecule has 1 aliphatic heterocycles. The van der Waals surface area contributed by atoms with Crippen LogP contribution >= 0.6 is 15.9 Å². The van der Waals surface area contributed by atoms with E-state index in [1.54, 1.807) is 4.90 Å². The van der Waals surface area contributed by atoms with E-state index in [9.17, 15) is 9.59 Å². The summed E-state index contributed by atoms with van der Waals surface area (Å²) in [5.41, 5.74) is 2.52. The van der Waals surface area contributed by atoms with Crippen molar-refractivity contribution in [1.29, 1.82) is 0 Å². The monoisotopic (exact) mass is 444 g/mol. The number of likely N-dealkylation sites (tertiary alicyclic amines) is 1. The molecule has 0 radical (unpaired) electrons. The van der Waals surface area contributed by atoms with E-state index < -0.39 is 0 Å². The lowest BCUT2D eigenvalue weighted by Crippen LogP contribution is -2.55. The fourth-order valence-electron chi connectivity index (χ4n) is 3.52. The molecule has 2 amide bonds. The maximum absolute atomic E-state index is 12.7. The van der Waals surface area contributed by atoms with Gasteiger partial charge in [-0.15, -0.1) is 0 Å². The predicted molar refractivity (Wildman–Crippen MR) is 112 cm³/mol. The van der Waals surface area contributed by atoms with Crippen LogP contribution in [0, 0.1) is 6.92 Å². The van der Waals surface area contributed by atoms with Gasteiger partial charge in [0.15, 0.2) is 0 Å². The summed E-state index contributed by atoms with van der Waals surface area (Å²) in [4.78, 5) is 27.0. The van der Waals surface area contributed by atoms with Gasteiger partial charge in [0.1, 0.15) is 6.61 Å². The molecule has 1 fully saturated rings. The van der Waals surface area contributed by atoms with Gasteiger partial charge >= 0.3 is 6.09 Å². The van der Waals surface area contributed by atoms with Crippen LogP contribution in [-0.2, 0) is 11.3 Å². The average molecular weight is 445 g/mol. The van der Waals surface area contributed by atoms with Crippen molar-refractivity contribution >= 4 is 27.9 Å². The summed E-state index contributed by atoms with van der Waals surface area (Å²) in [6.45, 7) is 4.76. The molecule has 1 N–H and O–H groups in total. The Bertz CT molecular complexity index is 841. The molecule has 0 saturated carbocycles. The topological polar surface area (TPSA) is 58.6 Å². The maximum Gasteiger partial charge on any atom is 0.410 e. The van der Waals surface area contributed by atoms with Gasteiger partial charge in [-0.3, -0.25) is 4.79 Å². The second-order valence-electron chi connectivity index (χ2n) is 7.16. The van der Waals surface area contributed by atoms with E-state index in [1.165, 1.54) is 0 Å². The minimum atomic E-state index is -0.338. The lowest BCUT2D eigenvalue weighted by atomic mass is 9.97. The van der Waals surface area contributed by atoms with Gasteiger partial charge in [-0.05, 0) is 56.0 Å². The number of piperidine rings is 1. The second kappa shape index (κ2) is 9.24. The Balaban J connectivity index is 1.60. The number of benzene rings is 2. The Kier molecular flexibility index (Phi) is 6.73. The lowest BCUT2D eigenvalue weighted by Gasteiger charge is -2.39. The zero-order chi connectivity index (χ0) is 20.1. The molecule has 2 atom stereocenters. The van der Waals surface area contributed by atoms with E-state index in [1.807, 2.05) is 62.4 Å². The summed E-state index contributed by atoms with van der Waals surface area (Å²) in [6, 6.07) is 15.0. The molecule has 2 aromatic rings. The Morgan fingerprint density at radius 1 is 1.21 bits per heavy atom. The molecule has 148 valence electrons. The van der Waals surface area contributed by atoms with Crippen LogP contribution in [0.1, 0.15) is 41.3 Å². The summed E-state index contributed by atoms with van der Waals surface area (Å²) in [5, 5.41) is 3.10. The highest BCUT2D eigenvalue weighted by Crippen LogP contribution is 2.21. The van der Waals surface area contributed by atoms with Gasteiger partial charge in [-0.25, -0.2) is 4.79 Å². The molecule has 3 rings (SSSR count). The van der Waals surface area contributed by atoms with E-state index in [4.69, 9.17) is 4.74 Å². The SMILES string of the molecule is Cc1cc(Br)ccc1C(=O)N[C@@H]1CCCN(C(=O)OCc2ccccc2)[C@@H]1C. The molecule has 1 saturated heterocycles. The first-order chi connectivity index (χ1) is 13.5. The van der Waals surface area contributed by atoms with Gasteiger partial charge in [-0.1, -0.05) is 46.3 Å². The molecule has 2 aromatic carbocycles. The molecule has 28 heavy (non-hydrogen) atoms. The summed E-state index contributed by atoms with van der Waals surface area (Å²) in [7, 11) is 0. The molecule has 1 heterocycles. The molecule has 6 heteroatoms. The third kappa shape index (κ3) is 4.93. The number of nitrogens with zero attached hydrogens (tertiary/aromatic N) is 1. The number of aryl methyl sites for hydroxylation is 1. The first-order valence-corrected chi connectivity index (χ1v) is 10.3. The molecule has 1 aliphatic rings. The average Bonchev–Trinajstić information content (AvgIpc) is 2.68. The highest BCUT2D eigenvalue weighted by atomic mass is 79.9. The number of hydrogen-bond acceptors (Lipinski definition) is 3. The van der Waals surface area contributed by atoms with Gasteiger partial charge in [0, 0.05) is 22.6 Å². The molecule has 0 spiro atoms. The number of rotatable bonds is 4. The Morgan fingerprint density at radius 3 is 2.68 bits per heavy atom. The van der Waals surface area contributed by atoms with E-state index in [0.717, 1.165) is 28.4 Å². The summed E-state index contributed by atoms with van der Waals surface area (Å²) in [6.07, 6.45) is 1.33. The fraction of sp³-hybridized carbons (Fsp3) is 0.364. The summed E-state index contributed by atoms with van der Waals surface area (Å²) >= 11 is 3.42. The van der Waals surface area contributed by atoms with Gasteiger partial charge in [0.25, 0.3) is 5.91 Å². The molecule has 5 nitrogen and oxygen atoms in total. The van der Waals surface area contributed by atoms with Crippen molar-refractivity contribution in [3.63, 3.8) is 0 Å². The van der Waals surface area contributed by atoms with Gasteiger partial charge in [0.2, 0.25) is 0 Å². The van der Waals surface area contributed by atoms with Crippen molar-refractivity contribution in [3.8, 4) is 0 Å². The third-order valence-electron chi connectivity index (χ3n) is 5.18. The number of amides is 2. The van der Waals surface area contributed by atoms with Crippen molar-refractivity contribution in [1.82, 2.24) is 10.2 Å². The molecule has 0 unspecified atom stereocenters. The quantitative estimate of drug-likeness (QED) is 0.744. The maximum atomic E-state index is 12.7. The number of carbonyl (C=O) groups is 2. The van der Waals surface area contributed by atoms with Crippen molar-refractivity contribution in [3.05, 3.63) is 69.7 Å². The first-order valence-electron chi connectivity index (χ1n) is 9.50. The van der Waals surface area contributed by atoms with Crippen molar-refractivity contribution in [2.24, 2.45) is 0 Å². The standard InChI is InChI=1S/C22H25BrN2O3/c1-15-13-18(23)10-11-19(15)21(26)24-20-9-6-12-25(16(20)2)22(27)28-14-17-7-4-3-5-8-17/h3-5,7-8,10-11,13,16,20H,6,9,12,14H2,1-2H3,(H,24,26)/t16-,20-/m1/s1. The second-order valence-corrected chi connectivity index (χ2v) is 8.07. The van der Waals surface area contributed by atoms with Crippen LogP contribution in [0.4, 0.5) is 4.79 Å². The number of nitrogens with one attached hydrogen (secondary N) is 1. The summed E-state index contributed by atoms with van der Waals surface area (Å²) < 4.78 is 6.42. The van der Waals surface area contributed by atoms with Crippen LogP contribution < -0.4 is 5.32 Å². The predicted octanol–water partition coefficient (Wildman–Crippen LogP) is 4.68. The molecule has 0 aliphatic carbocycles. The Hall–Kier alpha value is -2.34. The van der Waals surface area contributed by atoms with E-state index >= 15 is 0 Å². The lowest BCUT2D eigenvalue weighted by molar-refractivity contribution is 0.0582. The number of hydrogen-bond donors (Lipinski definition) is 1. The zero-order valence-electron chi connectivity index (χ0n) is 16.2. The van der Waals surface area contributed by atoms with Gasteiger partial charge in [-0.2, -0.15) is 0 Å². The normalized spacial score (nSPS) is 19.2. The number of halogens is 1. The van der Waals surface area contributed by atoms with Crippen LogP contribution in [0.15, 0.2) is 53.0 Å². The molecular weight excluding hydrogens is 420 g/mol. The number of ether oxygens (including phenoxy) is 1. The molecule has 0 bridgehead atoms. The van der Waals surface area contributed by atoms with Gasteiger partial charge < -0.3 is 15.0 Å². The Labute approximate surface area is 174 Å². The third-order valence-corrected chi connectivity index (χ3v) is 5.67. The van der Waals surface area contributed by atoms with Crippen LogP contribution in [0.3, 0.4) is 0 Å². The minimum Gasteiger partial charge on any atom is -0.445 e. The van der Waals surface area contributed by atoms with Crippen molar-refractivity contribution in [2.75, 3.05) is 6.54 Å².